The molecule has 5 nitrogen and oxygen atoms in total. The highest BCUT2D eigenvalue weighted by Crippen LogP contribution is 2.18. The van der Waals surface area contributed by atoms with E-state index in [1.807, 2.05) is 6.07 Å². The number of nitrogens with one attached hydrogen (secondary N) is 1. The monoisotopic (exact) mass is 376 g/mol. The number of rotatable bonds is 4. The van der Waals surface area contributed by atoms with Gasteiger partial charge in [0.25, 0.3) is 5.91 Å². The summed E-state index contributed by atoms with van der Waals surface area (Å²) in [6.07, 6.45) is 0. The van der Waals surface area contributed by atoms with Crippen molar-refractivity contribution < 1.29 is 18.7 Å². The molecular weight excluding hydrogens is 367 g/mol. The number of carbonyl (C=O) groups is 2. The number of ether oxygens (including phenoxy) is 1. The van der Waals surface area contributed by atoms with Gasteiger partial charge in [-0.25, -0.2) is 9.18 Å². The Morgan fingerprint density at radius 3 is 2.78 bits per heavy atom. The first-order chi connectivity index (χ1) is 11.0. The Balaban J connectivity index is 1.95. The first-order valence-electron chi connectivity index (χ1n) is 6.42. The number of benzene rings is 2. The van der Waals surface area contributed by atoms with E-state index in [0.717, 1.165) is 6.07 Å². The number of hydrogen-bond acceptors (Lipinski definition) is 4. The Bertz CT molecular complexity index is 802. The molecule has 0 unspecified atom stereocenters. The lowest BCUT2D eigenvalue weighted by Gasteiger charge is -2.08. The van der Waals surface area contributed by atoms with Crippen LogP contribution in [-0.2, 0) is 9.53 Å². The summed E-state index contributed by atoms with van der Waals surface area (Å²) in [6.45, 7) is -0.529. The van der Waals surface area contributed by atoms with Gasteiger partial charge in [-0.15, -0.1) is 0 Å². The van der Waals surface area contributed by atoms with Crippen LogP contribution in [0.5, 0.6) is 0 Å². The average Bonchev–Trinajstić information content (AvgIpc) is 2.55. The molecule has 0 heterocycles. The largest absolute Gasteiger partial charge is 0.452 e. The minimum Gasteiger partial charge on any atom is -0.452 e. The molecule has 7 heteroatoms. The van der Waals surface area contributed by atoms with Gasteiger partial charge in [-0.1, -0.05) is 6.07 Å². The van der Waals surface area contributed by atoms with E-state index in [1.165, 1.54) is 18.2 Å². The van der Waals surface area contributed by atoms with Gasteiger partial charge in [0.1, 0.15) is 5.82 Å². The summed E-state index contributed by atoms with van der Waals surface area (Å²) in [6, 6.07) is 11.8. The van der Waals surface area contributed by atoms with Crippen LogP contribution in [0.2, 0.25) is 0 Å². The van der Waals surface area contributed by atoms with Gasteiger partial charge in [0, 0.05) is 10.2 Å². The Morgan fingerprint density at radius 2 is 2.04 bits per heavy atom. The normalized spacial score (nSPS) is 9.78. The third-order valence-electron chi connectivity index (χ3n) is 2.76. The lowest BCUT2D eigenvalue weighted by atomic mass is 10.2. The summed E-state index contributed by atoms with van der Waals surface area (Å²) in [4.78, 5) is 23.6. The quantitative estimate of drug-likeness (QED) is 0.830. The number of carbonyl (C=O) groups excluding carboxylic acids is 2. The van der Waals surface area contributed by atoms with Crippen LogP contribution in [0.15, 0.2) is 46.9 Å². The molecule has 0 bridgehead atoms. The zero-order chi connectivity index (χ0) is 16.8. The Hall–Kier alpha value is -2.72. The molecule has 0 saturated carbocycles. The topological polar surface area (TPSA) is 79.2 Å². The zero-order valence-corrected chi connectivity index (χ0v) is 13.3. The van der Waals surface area contributed by atoms with E-state index < -0.39 is 24.3 Å². The number of nitriles is 1. The van der Waals surface area contributed by atoms with Crippen molar-refractivity contribution in [2.45, 2.75) is 0 Å². The molecule has 2 rings (SSSR count). The smallest absolute Gasteiger partial charge is 0.339 e. The van der Waals surface area contributed by atoms with E-state index in [1.54, 1.807) is 18.2 Å². The van der Waals surface area contributed by atoms with Gasteiger partial charge >= 0.3 is 5.97 Å². The lowest BCUT2D eigenvalue weighted by molar-refractivity contribution is -0.119. The fourth-order valence-corrected chi connectivity index (χ4v) is 2.13. The van der Waals surface area contributed by atoms with Crippen molar-refractivity contribution in [1.82, 2.24) is 0 Å². The highest BCUT2D eigenvalue weighted by atomic mass is 79.9. The number of esters is 1. The maximum atomic E-state index is 13.1. The van der Waals surface area contributed by atoms with E-state index in [2.05, 4.69) is 21.2 Å². The molecule has 0 aromatic heterocycles. The van der Waals surface area contributed by atoms with Gasteiger partial charge in [-0.05, 0) is 52.3 Å². The third kappa shape index (κ3) is 4.63. The fraction of sp³-hybridized carbons (Fsp3) is 0.0625. The molecule has 1 N–H and O–H groups in total. The molecule has 2 aromatic carbocycles. The predicted molar refractivity (Wildman–Crippen MR) is 84.2 cm³/mol. The van der Waals surface area contributed by atoms with Crippen LogP contribution in [0.1, 0.15) is 15.9 Å². The molecule has 2 aromatic rings. The zero-order valence-electron chi connectivity index (χ0n) is 11.7. The molecule has 0 aliphatic heterocycles. The molecule has 0 aliphatic carbocycles. The van der Waals surface area contributed by atoms with Crippen molar-refractivity contribution in [3.63, 3.8) is 0 Å². The molecule has 0 saturated heterocycles. The molecule has 0 aliphatic rings. The van der Waals surface area contributed by atoms with Crippen LogP contribution in [-0.4, -0.2) is 18.5 Å². The number of nitrogens with zero attached hydrogens (tertiary/aromatic N) is 1. The maximum Gasteiger partial charge on any atom is 0.339 e. The van der Waals surface area contributed by atoms with Crippen LogP contribution in [0.25, 0.3) is 0 Å². The molecule has 0 radical (unpaired) electrons. The summed E-state index contributed by atoms with van der Waals surface area (Å²) >= 11 is 3.11. The van der Waals surface area contributed by atoms with Crippen LogP contribution < -0.4 is 5.32 Å². The summed E-state index contributed by atoms with van der Waals surface area (Å²) < 4.78 is 18.3. The second-order valence-corrected chi connectivity index (χ2v) is 5.30. The fourth-order valence-electron chi connectivity index (χ4n) is 1.73. The highest BCUT2D eigenvalue weighted by Gasteiger charge is 2.14. The highest BCUT2D eigenvalue weighted by molar-refractivity contribution is 9.10. The Morgan fingerprint density at radius 1 is 1.26 bits per heavy atom. The molecular formula is C16H10BrFN2O3. The predicted octanol–water partition coefficient (Wildman–Crippen LogP) is 3.26. The van der Waals surface area contributed by atoms with Gasteiger partial charge in [-0.2, -0.15) is 5.26 Å². The molecule has 23 heavy (non-hydrogen) atoms. The number of halogens is 2. The summed E-state index contributed by atoms with van der Waals surface area (Å²) in [7, 11) is 0. The van der Waals surface area contributed by atoms with E-state index in [4.69, 9.17) is 10.00 Å². The lowest BCUT2D eigenvalue weighted by Crippen LogP contribution is -2.21. The van der Waals surface area contributed by atoms with Crippen LogP contribution in [0, 0.1) is 17.1 Å². The number of amides is 1. The summed E-state index contributed by atoms with van der Waals surface area (Å²) in [5.41, 5.74) is 0.796. The van der Waals surface area contributed by atoms with Crippen molar-refractivity contribution in [3.05, 3.63) is 63.9 Å². The second kappa shape index (κ2) is 7.51. The Kier molecular flexibility index (Phi) is 5.44. The first-order valence-corrected chi connectivity index (χ1v) is 7.21. The van der Waals surface area contributed by atoms with Gasteiger partial charge in [0.15, 0.2) is 6.61 Å². The minimum absolute atomic E-state index is 0.00993. The second-order valence-electron chi connectivity index (χ2n) is 4.44. The van der Waals surface area contributed by atoms with Gasteiger partial charge in [0.2, 0.25) is 0 Å². The Labute approximate surface area is 139 Å². The van der Waals surface area contributed by atoms with Crippen molar-refractivity contribution in [2.24, 2.45) is 0 Å². The van der Waals surface area contributed by atoms with Crippen molar-refractivity contribution in [3.8, 4) is 6.07 Å². The van der Waals surface area contributed by atoms with E-state index in [0.29, 0.717) is 15.7 Å². The SMILES string of the molecule is N#Cc1cccc(NC(=O)COC(=O)c2cc(F)ccc2Br)c1. The minimum atomic E-state index is -0.822. The van der Waals surface area contributed by atoms with Crippen LogP contribution in [0.3, 0.4) is 0 Å². The average molecular weight is 377 g/mol. The maximum absolute atomic E-state index is 13.1. The van der Waals surface area contributed by atoms with Crippen molar-refractivity contribution in [2.75, 3.05) is 11.9 Å². The van der Waals surface area contributed by atoms with Crippen molar-refractivity contribution >= 4 is 33.5 Å². The van der Waals surface area contributed by atoms with Crippen molar-refractivity contribution in [1.29, 1.82) is 5.26 Å². The molecule has 116 valence electrons. The van der Waals surface area contributed by atoms with E-state index in [9.17, 15) is 14.0 Å². The molecule has 1 amide bonds. The first kappa shape index (κ1) is 16.6. The van der Waals surface area contributed by atoms with Crippen LogP contribution >= 0.6 is 15.9 Å². The summed E-state index contributed by atoms with van der Waals surface area (Å²) in [5, 5.41) is 11.3. The van der Waals surface area contributed by atoms with E-state index >= 15 is 0 Å². The molecule has 0 spiro atoms. The number of hydrogen-bond donors (Lipinski definition) is 1. The molecule has 0 atom stereocenters. The van der Waals surface area contributed by atoms with Crippen LogP contribution in [0.4, 0.5) is 10.1 Å². The van der Waals surface area contributed by atoms with E-state index in [-0.39, 0.29) is 5.56 Å². The number of anilines is 1. The third-order valence-corrected chi connectivity index (χ3v) is 3.45. The van der Waals surface area contributed by atoms with Gasteiger partial charge in [0.05, 0.1) is 17.2 Å². The van der Waals surface area contributed by atoms with Gasteiger partial charge in [-0.3, -0.25) is 4.79 Å². The van der Waals surface area contributed by atoms with Gasteiger partial charge < -0.3 is 10.1 Å². The standard InChI is InChI=1S/C16H10BrFN2O3/c17-14-5-4-11(18)7-13(14)16(22)23-9-15(21)20-12-3-1-2-10(6-12)8-19/h1-7H,9H2,(H,20,21). The summed E-state index contributed by atoms with van der Waals surface area (Å²) in [5.74, 6) is -1.98. The molecule has 0 fully saturated rings.